The summed E-state index contributed by atoms with van der Waals surface area (Å²) in [6.07, 6.45) is 5.66. The third-order valence-corrected chi connectivity index (χ3v) is 3.90. The predicted octanol–water partition coefficient (Wildman–Crippen LogP) is 1.38. The van der Waals surface area contributed by atoms with Gasteiger partial charge in [-0.25, -0.2) is 0 Å². The molecule has 1 atom stereocenters. The van der Waals surface area contributed by atoms with Crippen molar-refractivity contribution in [1.82, 2.24) is 10.6 Å². The van der Waals surface area contributed by atoms with E-state index in [1.165, 1.54) is 51.9 Å². The Labute approximate surface area is 81.5 Å². The van der Waals surface area contributed by atoms with Crippen molar-refractivity contribution >= 4 is 0 Å². The number of nitrogens with one attached hydrogen (secondary N) is 2. The molecule has 1 heterocycles. The summed E-state index contributed by atoms with van der Waals surface area (Å²) >= 11 is 0. The summed E-state index contributed by atoms with van der Waals surface area (Å²) in [5.41, 5.74) is 0.709. The zero-order valence-corrected chi connectivity index (χ0v) is 8.73. The minimum absolute atomic E-state index is 0.709. The Morgan fingerprint density at radius 2 is 2.31 bits per heavy atom. The lowest BCUT2D eigenvalue weighted by atomic mass is 9.63. The molecule has 1 aliphatic carbocycles. The minimum Gasteiger partial charge on any atom is -0.316 e. The molecule has 0 radical (unpaired) electrons. The van der Waals surface area contributed by atoms with E-state index in [-0.39, 0.29) is 0 Å². The SMILES string of the molecule is CCCNCC1CNCC12CCC2. The Morgan fingerprint density at radius 3 is 2.92 bits per heavy atom. The first-order valence-electron chi connectivity index (χ1n) is 5.79. The molecule has 13 heavy (non-hydrogen) atoms. The highest BCUT2D eigenvalue weighted by atomic mass is 15.0. The molecule has 0 bridgehead atoms. The Morgan fingerprint density at radius 1 is 1.46 bits per heavy atom. The summed E-state index contributed by atoms with van der Waals surface area (Å²) in [5, 5.41) is 7.11. The highest BCUT2D eigenvalue weighted by Crippen LogP contribution is 2.48. The first-order valence-corrected chi connectivity index (χ1v) is 5.79. The average Bonchev–Trinajstić information content (AvgIpc) is 2.48. The van der Waals surface area contributed by atoms with Gasteiger partial charge in [0.2, 0.25) is 0 Å². The summed E-state index contributed by atoms with van der Waals surface area (Å²) in [7, 11) is 0. The highest BCUT2D eigenvalue weighted by molar-refractivity contribution is 5.00. The van der Waals surface area contributed by atoms with Crippen LogP contribution in [-0.2, 0) is 0 Å². The molecule has 2 N–H and O–H groups in total. The topological polar surface area (TPSA) is 24.1 Å². The lowest BCUT2D eigenvalue weighted by Crippen LogP contribution is -2.41. The van der Waals surface area contributed by atoms with Crippen molar-refractivity contribution in [2.45, 2.75) is 32.6 Å². The maximum Gasteiger partial charge on any atom is 0.00116 e. The van der Waals surface area contributed by atoms with E-state index in [1.807, 2.05) is 0 Å². The van der Waals surface area contributed by atoms with E-state index in [1.54, 1.807) is 0 Å². The lowest BCUT2D eigenvalue weighted by molar-refractivity contribution is 0.0973. The molecule has 1 saturated heterocycles. The molecule has 2 rings (SSSR count). The summed E-state index contributed by atoms with van der Waals surface area (Å²) in [6.45, 7) is 7.19. The van der Waals surface area contributed by atoms with Crippen molar-refractivity contribution < 1.29 is 0 Å². The van der Waals surface area contributed by atoms with Crippen LogP contribution in [0.5, 0.6) is 0 Å². The second kappa shape index (κ2) is 3.97. The summed E-state index contributed by atoms with van der Waals surface area (Å²) in [4.78, 5) is 0. The van der Waals surface area contributed by atoms with Gasteiger partial charge in [0.05, 0.1) is 0 Å². The summed E-state index contributed by atoms with van der Waals surface area (Å²) in [6, 6.07) is 0. The maximum absolute atomic E-state index is 3.56. The van der Waals surface area contributed by atoms with Crippen LogP contribution in [0.15, 0.2) is 0 Å². The third kappa shape index (κ3) is 1.75. The smallest absolute Gasteiger partial charge is 0.00116 e. The fourth-order valence-corrected chi connectivity index (χ4v) is 2.81. The molecule has 76 valence electrons. The quantitative estimate of drug-likeness (QED) is 0.642. The van der Waals surface area contributed by atoms with Gasteiger partial charge in [-0.05, 0) is 50.2 Å². The lowest BCUT2D eigenvalue weighted by Gasteiger charge is -2.43. The minimum atomic E-state index is 0.709. The van der Waals surface area contributed by atoms with Gasteiger partial charge in [-0.1, -0.05) is 13.3 Å². The second-order valence-corrected chi connectivity index (χ2v) is 4.75. The summed E-state index contributed by atoms with van der Waals surface area (Å²) < 4.78 is 0. The van der Waals surface area contributed by atoms with Crippen LogP contribution < -0.4 is 10.6 Å². The molecule has 1 saturated carbocycles. The third-order valence-electron chi connectivity index (χ3n) is 3.90. The fraction of sp³-hybridized carbons (Fsp3) is 1.00. The molecule has 2 aliphatic rings. The molecule has 0 aromatic heterocycles. The van der Waals surface area contributed by atoms with Crippen molar-refractivity contribution in [3.8, 4) is 0 Å². The van der Waals surface area contributed by atoms with E-state index in [4.69, 9.17) is 0 Å². The predicted molar refractivity (Wildman–Crippen MR) is 55.8 cm³/mol. The van der Waals surface area contributed by atoms with Crippen LogP contribution in [0, 0.1) is 11.3 Å². The van der Waals surface area contributed by atoms with Crippen molar-refractivity contribution in [1.29, 1.82) is 0 Å². The highest BCUT2D eigenvalue weighted by Gasteiger charge is 2.46. The van der Waals surface area contributed by atoms with Gasteiger partial charge in [-0.3, -0.25) is 0 Å². The van der Waals surface area contributed by atoms with Crippen LogP contribution in [0.1, 0.15) is 32.6 Å². The van der Waals surface area contributed by atoms with E-state index >= 15 is 0 Å². The van der Waals surface area contributed by atoms with E-state index in [0.717, 1.165) is 5.92 Å². The van der Waals surface area contributed by atoms with Crippen LogP contribution in [-0.4, -0.2) is 26.2 Å². The molecule has 2 fully saturated rings. The number of hydrogen-bond acceptors (Lipinski definition) is 2. The zero-order chi connectivity index (χ0) is 9.15. The maximum atomic E-state index is 3.56. The van der Waals surface area contributed by atoms with Gasteiger partial charge in [0.1, 0.15) is 0 Å². The van der Waals surface area contributed by atoms with Gasteiger partial charge < -0.3 is 10.6 Å². The van der Waals surface area contributed by atoms with E-state index < -0.39 is 0 Å². The molecule has 1 spiro atoms. The molecular formula is C11H22N2. The number of hydrogen-bond donors (Lipinski definition) is 2. The van der Waals surface area contributed by atoms with Crippen LogP contribution in [0.25, 0.3) is 0 Å². The molecule has 0 aromatic rings. The van der Waals surface area contributed by atoms with Gasteiger partial charge in [-0.15, -0.1) is 0 Å². The average molecular weight is 182 g/mol. The first-order chi connectivity index (χ1) is 6.37. The Hall–Kier alpha value is -0.0800. The Balaban J connectivity index is 1.77. The summed E-state index contributed by atoms with van der Waals surface area (Å²) in [5.74, 6) is 0.910. The van der Waals surface area contributed by atoms with Gasteiger partial charge in [0.25, 0.3) is 0 Å². The van der Waals surface area contributed by atoms with Crippen LogP contribution in [0.4, 0.5) is 0 Å². The van der Waals surface area contributed by atoms with Crippen LogP contribution in [0.3, 0.4) is 0 Å². The molecule has 2 nitrogen and oxygen atoms in total. The molecule has 1 aliphatic heterocycles. The Kier molecular flexibility index (Phi) is 2.89. The molecular weight excluding hydrogens is 160 g/mol. The number of rotatable bonds is 4. The van der Waals surface area contributed by atoms with Crippen LogP contribution >= 0.6 is 0 Å². The Bertz CT molecular complexity index is 163. The second-order valence-electron chi connectivity index (χ2n) is 4.75. The normalized spacial score (nSPS) is 30.7. The largest absolute Gasteiger partial charge is 0.316 e. The monoisotopic (exact) mass is 182 g/mol. The molecule has 0 aromatic carbocycles. The van der Waals surface area contributed by atoms with Gasteiger partial charge in [0.15, 0.2) is 0 Å². The van der Waals surface area contributed by atoms with E-state index in [9.17, 15) is 0 Å². The van der Waals surface area contributed by atoms with Crippen molar-refractivity contribution in [2.24, 2.45) is 11.3 Å². The molecule has 1 unspecified atom stereocenters. The first kappa shape index (κ1) is 9.47. The fourth-order valence-electron chi connectivity index (χ4n) is 2.81. The molecule has 2 heteroatoms. The zero-order valence-electron chi connectivity index (χ0n) is 8.73. The molecule has 0 amide bonds. The van der Waals surface area contributed by atoms with Crippen molar-refractivity contribution in [3.63, 3.8) is 0 Å². The van der Waals surface area contributed by atoms with Crippen LogP contribution in [0.2, 0.25) is 0 Å². The van der Waals surface area contributed by atoms with E-state index in [2.05, 4.69) is 17.6 Å². The van der Waals surface area contributed by atoms with Gasteiger partial charge in [0, 0.05) is 6.54 Å². The standard InChI is InChI=1S/C11H22N2/c1-2-6-12-7-10-8-13-9-11(10)4-3-5-11/h10,12-13H,2-9H2,1H3. The van der Waals surface area contributed by atoms with Gasteiger partial charge >= 0.3 is 0 Å². The van der Waals surface area contributed by atoms with Crippen molar-refractivity contribution in [2.75, 3.05) is 26.2 Å². The van der Waals surface area contributed by atoms with E-state index in [0.29, 0.717) is 5.41 Å². The van der Waals surface area contributed by atoms with Crippen molar-refractivity contribution in [3.05, 3.63) is 0 Å². The van der Waals surface area contributed by atoms with Gasteiger partial charge in [-0.2, -0.15) is 0 Å².